The van der Waals surface area contributed by atoms with Gasteiger partial charge in [0.1, 0.15) is 17.7 Å². The van der Waals surface area contributed by atoms with Crippen molar-refractivity contribution in [2.45, 2.75) is 30.8 Å². The molecule has 3 aromatic rings. The van der Waals surface area contributed by atoms with Gasteiger partial charge in [0.05, 0.1) is 4.90 Å². The number of carbonyl (C=O) groups excluding carboxylic acids is 1. The van der Waals surface area contributed by atoms with E-state index in [-0.39, 0.29) is 22.1 Å². The van der Waals surface area contributed by atoms with E-state index < -0.39 is 27.8 Å². The van der Waals surface area contributed by atoms with Crippen molar-refractivity contribution in [1.82, 2.24) is 19.2 Å². The number of carbonyl (C=O) groups is 1. The number of halogens is 1. The molecule has 0 aliphatic rings. The Labute approximate surface area is 181 Å². The van der Waals surface area contributed by atoms with Gasteiger partial charge in [0, 0.05) is 43.7 Å². The van der Waals surface area contributed by atoms with Crippen LogP contribution < -0.4 is 5.32 Å². The molecular weight excluding hydrogens is 419 g/mol. The van der Waals surface area contributed by atoms with Gasteiger partial charge < -0.3 is 9.88 Å². The summed E-state index contributed by atoms with van der Waals surface area (Å²) in [6, 6.07) is 10.8. The molecule has 0 aliphatic carbocycles. The summed E-state index contributed by atoms with van der Waals surface area (Å²) in [6.07, 6.45) is 3.28. The summed E-state index contributed by atoms with van der Waals surface area (Å²) in [5, 5.41) is 2.81. The van der Waals surface area contributed by atoms with E-state index in [0.29, 0.717) is 5.82 Å². The number of rotatable bonds is 7. The third kappa shape index (κ3) is 4.67. The lowest BCUT2D eigenvalue weighted by Crippen LogP contribution is -2.33. The van der Waals surface area contributed by atoms with Gasteiger partial charge in [0.15, 0.2) is 0 Å². The van der Waals surface area contributed by atoms with Crippen molar-refractivity contribution in [1.29, 1.82) is 0 Å². The molecule has 2 aromatic carbocycles. The third-order valence-corrected chi connectivity index (χ3v) is 7.18. The van der Waals surface area contributed by atoms with Crippen LogP contribution in [-0.2, 0) is 17.1 Å². The fourth-order valence-corrected chi connectivity index (χ4v) is 4.45. The highest BCUT2D eigenvalue weighted by molar-refractivity contribution is 7.89. The molecule has 0 saturated carbocycles. The van der Waals surface area contributed by atoms with Crippen LogP contribution in [0.3, 0.4) is 0 Å². The Hall–Kier alpha value is -3.04. The molecule has 1 heterocycles. The third-order valence-electron chi connectivity index (χ3n) is 5.13. The Morgan fingerprint density at radius 1 is 1.13 bits per heavy atom. The van der Waals surface area contributed by atoms with Crippen molar-refractivity contribution >= 4 is 15.9 Å². The number of benzene rings is 2. The summed E-state index contributed by atoms with van der Waals surface area (Å²) < 4.78 is 42.7. The Kier molecular flexibility index (Phi) is 6.56. The molecule has 1 amide bonds. The second-order valence-corrected chi connectivity index (χ2v) is 9.46. The fourth-order valence-electron chi connectivity index (χ4n) is 3.08. The van der Waals surface area contributed by atoms with Gasteiger partial charge in [-0.2, -0.15) is 4.31 Å². The monoisotopic (exact) mass is 444 g/mol. The summed E-state index contributed by atoms with van der Waals surface area (Å²) in [7, 11) is -0.391. The zero-order valence-electron chi connectivity index (χ0n) is 17.8. The largest absolute Gasteiger partial charge is 0.338 e. The molecule has 0 saturated heterocycles. The number of aromatic nitrogens is 2. The first-order chi connectivity index (χ1) is 14.6. The molecule has 9 heteroatoms. The van der Waals surface area contributed by atoms with Crippen LogP contribution in [0.2, 0.25) is 0 Å². The van der Waals surface area contributed by atoms with Crippen LogP contribution in [0.25, 0.3) is 0 Å². The van der Waals surface area contributed by atoms with E-state index in [9.17, 15) is 17.6 Å². The molecule has 1 N–H and O–H groups in total. The maximum absolute atomic E-state index is 14.5. The van der Waals surface area contributed by atoms with E-state index in [0.717, 1.165) is 0 Å². The molecule has 1 atom stereocenters. The number of amides is 1. The number of nitrogens with zero attached hydrogens (tertiary/aromatic N) is 3. The lowest BCUT2D eigenvalue weighted by Gasteiger charge is -2.21. The van der Waals surface area contributed by atoms with E-state index >= 15 is 0 Å². The molecule has 3 rings (SSSR count). The van der Waals surface area contributed by atoms with E-state index in [1.165, 1.54) is 41.7 Å². The molecule has 1 aromatic heterocycles. The standard InChI is InChI=1S/C22H25FN4O3S/c1-15(2)27(4)31(29,30)17-11-9-16(10-12-17)22(28)25-20(21-24-13-14-26(21)3)18-7-5-6-8-19(18)23/h5-15,20H,1-4H3,(H,25,28). The maximum atomic E-state index is 14.5. The second kappa shape index (κ2) is 8.99. The van der Waals surface area contributed by atoms with Crippen molar-refractivity contribution in [3.05, 3.63) is 83.7 Å². The van der Waals surface area contributed by atoms with E-state index in [2.05, 4.69) is 10.3 Å². The molecular formula is C22H25FN4O3S. The van der Waals surface area contributed by atoms with Gasteiger partial charge in [-0.3, -0.25) is 4.79 Å². The molecule has 31 heavy (non-hydrogen) atoms. The molecule has 0 radical (unpaired) electrons. The molecule has 7 nitrogen and oxygen atoms in total. The number of hydrogen-bond acceptors (Lipinski definition) is 4. The number of imidazole rings is 1. The van der Waals surface area contributed by atoms with Crippen LogP contribution in [0.1, 0.15) is 41.6 Å². The van der Waals surface area contributed by atoms with E-state index in [4.69, 9.17) is 0 Å². The molecule has 0 fully saturated rings. The average Bonchev–Trinajstić information content (AvgIpc) is 3.17. The molecule has 1 unspecified atom stereocenters. The molecule has 0 bridgehead atoms. The van der Waals surface area contributed by atoms with Crippen LogP contribution in [-0.4, -0.2) is 41.3 Å². The quantitative estimate of drug-likeness (QED) is 0.607. The Bertz CT molecular complexity index is 1170. The fraction of sp³-hybridized carbons (Fsp3) is 0.273. The van der Waals surface area contributed by atoms with Crippen molar-refractivity contribution in [2.24, 2.45) is 7.05 Å². The predicted octanol–water partition coefficient (Wildman–Crippen LogP) is 3.11. The Balaban J connectivity index is 1.89. The molecule has 0 aliphatic heterocycles. The van der Waals surface area contributed by atoms with Gasteiger partial charge in [-0.05, 0) is 44.2 Å². The lowest BCUT2D eigenvalue weighted by atomic mass is 10.0. The number of aryl methyl sites for hydroxylation is 1. The van der Waals surface area contributed by atoms with Crippen LogP contribution in [0.5, 0.6) is 0 Å². The zero-order valence-corrected chi connectivity index (χ0v) is 18.6. The number of hydrogen-bond donors (Lipinski definition) is 1. The highest BCUT2D eigenvalue weighted by Crippen LogP contribution is 2.24. The summed E-state index contributed by atoms with van der Waals surface area (Å²) in [5.41, 5.74) is 0.532. The average molecular weight is 445 g/mol. The summed E-state index contributed by atoms with van der Waals surface area (Å²) in [6.45, 7) is 3.56. The predicted molar refractivity (Wildman–Crippen MR) is 115 cm³/mol. The minimum absolute atomic E-state index is 0.0926. The first-order valence-corrected chi connectivity index (χ1v) is 11.2. The number of nitrogens with one attached hydrogen (secondary N) is 1. The van der Waals surface area contributed by atoms with Gasteiger partial charge >= 0.3 is 0 Å². The minimum Gasteiger partial charge on any atom is -0.338 e. The molecule has 164 valence electrons. The Morgan fingerprint density at radius 2 is 1.77 bits per heavy atom. The van der Waals surface area contributed by atoms with Crippen molar-refractivity contribution in [2.75, 3.05) is 7.05 Å². The van der Waals surface area contributed by atoms with Crippen molar-refractivity contribution in [3.63, 3.8) is 0 Å². The van der Waals surface area contributed by atoms with E-state index in [1.807, 2.05) is 0 Å². The van der Waals surface area contributed by atoms with Gasteiger partial charge in [-0.1, -0.05) is 18.2 Å². The van der Waals surface area contributed by atoms with Gasteiger partial charge in [-0.15, -0.1) is 0 Å². The van der Waals surface area contributed by atoms with Gasteiger partial charge in [-0.25, -0.2) is 17.8 Å². The summed E-state index contributed by atoms with van der Waals surface area (Å²) >= 11 is 0. The zero-order chi connectivity index (χ0) is 22.8. The lowest BCUT2D eigenvalue weighted by molar-refractivity contribution is 0.0940. The topological polar surface area (TPSA) is 84.3 Å². The SMILES string of the molecule is CC(C)N(C)S(=O)(=O)c1ccc(C(=O)NC(c2ccccc2F)c2nccn2C)cc1. The Morgan fingerprint density at radius 3 is 2.32 bits per heavy atom. The van der Waals surface area contributed by atoms with Gasteiger partial charge in [0.2, 0.25) is 10.0 Å². The van der Waals surface area contributed by atoms with Crippen LogP contribution in [0.4, 0.5) is 4.39 Å². The smallest absolute Gasteiger partial charge is 0.252 e. The highest BCUT2D eigenvalue weighted by Gasteiger charge is 2.26. The maximum Gasteiger partial charge on any atom is 0.252 e. The summed E-state index contributed by atoms with van der Waals surface area (Å²) in [4.78, 5) is 17.3. The van der Waals surface area contributed by atoms with Crippen LogP contribution in [0.15, 0.2) is 65.8 Å². The first-order valence-electron chi connectivity index (χ1n) is 9.73. The molecule has 0 spiro atoms. The van der Waals surface area contributed by atoms with Crippen molar-refractivity contribution < 1.29 is 17.6 Å². The van der Waals surface area contributed by atoms with Crippen LogP contribution >= 0.6 is 0 Å². The van der Waals surface area contributed by atoms with Crippen molar-refractivity contribution in [3.8, 4) is 0 Å². The van der Waals surface area contributed by atoms with E-state index in [1.54, 1.807) is 56.1 Å². The minimum atomic E-state index is -3.65. The van der Waals surface area contributed by atoms with Crippen LogP contribution in [0, 0.1) is 5.82 Å². The first kappa shape index (κ1) is 22.6. The highest BCUT2D eigenvalue weighted by atomic mass is 32.2. The number of sulfonamides is 1. The summed E-state index contributed by atoms with van der Waals surface area (Å²) in [5.74, 6) is -0.470. The van der Waals surface area contributed by atoms with Gasteiger partial charge in [0.25, 0.3) is 5.91 Å². The normalized spacial score (nSPS) is 12.9. The second-order valence-electron chi connectivity index (χ2n) is 7.46.